The smallest absolute Gasteiger partial charge is 0.322 e. The Labute approximate surface area is 107 Å². The fourth-order valence-corrected chi connectivity index (χ4v) is 1.69. The van der Waals surface area contributed by atoms with Crippen molar-refractivity contribution in [2.75, 3.05) is 6.54 Å². The second-order valence-electron chi connectivity index (χ2n) is 5.51. The van der Waals surface area contributed by atoms with E-state index in [1.54, 1.807) is 6.07 Å². The van der Waals surface area contributed by atoms with Gasteiger partial charge in [-0.1, -0.05) is 32.9 Å². The van der Waals surface area contributed by atoms with Gasteiger partial charge in [0, 0.05) is 5.56 Å². The molecular weight excluding hydrogens is 230 g/mol. The summed E-state index contributed by atoms with van der Waals surface area (Å²) in [4.78, 5) is 22.1. The number of carbonyl (C=O) groups is 2. The molecule has 1 aromatic rings. The van der Waals surface area contributed by atoms with Crippen LogP contribution in [0.3, 0.4) is 0 Å². The van der Waals surface area contributed by atoms with Crippen molar-refractivity contribution in [2.24, 2.45) is 5.41 Å². The normalized spacial score (nSPS) is 11.1. The molecule has 2 N–H and O–H groups in total. The number of rotatable bonds is 4. The number of benzene rings is 1. The fraction of sp³-hybridized carbons (Fsp3) is 0.429. The van der Waals surface area contributed by atoms with Crippen LogP contribution in [-0.2, 0) is 11.2 Å². The first-order valence-electron chi connectivity index (χ1n) is 5.87. The van der Waals surface area contributed by atoms with Crippen molar-refractivity contribution in [2.45, 2.75) is 27.2 Å². The summed E-state index contributed by atoms with van der Waals surface area (Å²) in [7, 11) is 0. The molecule has 1 amide bonds. The molecule has 1 rings (SSSR count). The van der Waals surface area contributed by atoms with Gasteiger partial charge in [0.25, 0.3) is 5.91 Å². The Bertz CT molecular complexity index is 447. The van der Waals surface area contributed by atoms with Crippen molar-refractivity contribution in [3.63, 3.8) is 0 Å². The van der Waals surface area contributed by atoms with E-state index in [9.17, 15) is 9.59 Å². The Kier molecular flexibility index (Phi) is 4.48. The Morgan fingerprint density at radius 2 is 1.94 bits per heavy atom. The minimum absolute atomic E-state index is 0.149. The Morgan fingerprint density at radius 3 is 2.50 bits per heavy atom. The number of hydrogen-bond acceptors (Lipinski definition) is 2. The molecular formula is C14H19NO3. The summed E-state index contributed by atoms with van der Waals surface area (Å²) < 4.78 is 0. The zero-order valence-corrected chi connectivity index (χ0v) is 11.0. The van der Waals surface area contributed by atoms with Crippen molar-refractivity contribution in [1.29, 1.82) is 0 Å². The maximum absolute atomic E-state index is 11.7. The second kappa shape index (κ2) is 5.67. The highest BCUT2D eigenvalue weighted by atomic mass is 16.4. The highest BCUT2D eigenvalue weighted by Crippen LogP contribution is 2.20. The average Bonchev–Trinajstić information content (AvgIpc) is 2.23. The van der Waals surface area contributed by atoms with Gasteiger partial charge in [-0.25, -0.2) is 0 Å². The molecule has 0 aliphatic heterocycles. The number of hydrogen-bond donors (Lipinski definition) is 2. The van der Waals surface area contributed by atoms with Crippen LogP contribution in [0.4, 0.5) is 0 Å². The summed E-state index contributed by atoms with van der Waals surface area (Å²) in [6, 6.07) is 7.28. The molecule has 0 aliphatic carbocycles. The van der Waals surface area contributed by atoms with E-state index in [4.69, 9.17) is 5.11 Å². The van der Waals surface area contributed by atoms with Crippen molar-refractivity contribution < 1.29 is 14.7 Å². The lowest BCUT2D eigenvalue weighted by molar-refractivity contribution is -0.135. The largest absolute Gasteiger partial charge is 0.480 e. The predicted octanol–water partition coefficient (Wildman–Crippen LogP) is 2.09. The quantitative estimate of drug-likeness (QED) is 0.858. The van der Waals surface area contributed by atoms with Crippen molar-refractivity contribution in [1.82, 2.24) is 5.32 Å². The topological polar surface area (TPSA) is 66.4 Å². The van der Waals surface area contributed by atoms with E-state index < -0.39 is 5.97 Å². The van der Waals surface area contributed by atoms with E-state index in [0.29, 0.717) is 5.56 Å². The van der Waals surface area contributed by atoms with Gasteiger partial charge >= 0.3 is 5.97 Å². The van der Waals surface area contributed by atoms with E-state index in [2.05, 4.69) is 26.1 Å². The van der Waals surface area contributed by atoms with Crippen LogP contribution in [0.1, 0.15) is 36.7 Å². The summed E-state index contributed by atoms with van der Waals surface area (Å²) in [6.45, 7) is 6.03. The number of nitrogens with one attached hydrogen (secondary N) is 1. The molecule has 0 radical (unpaired) electrons. The van der Waals surface area contributed by atoms with E-state index in [-0.39, 0.29) is 17.9 Å². The third-order valence-electron chi connectivity index (χ3n) is 2.32. The number of carboxylic acid groups (broad SMARTS) is 1. The summed E-state index contributed by atoms with van der Waals surface area (Å²) in [6.07, 6.45) is 0.868. The first-order chi connectivity index (χ1) is 8.28. The molecule has 0 fully saturated rings. The number of aliphatic carboxylic acids is 1. The highest BCUT2D eigenvalue weighted by molar-refractivity contribution is 5.95. The molecule has 0 atom stereocenters. The van der Waals surface area contributed by atoms with Crippen LogP contribution in [0.2, 0.25) is 0 Å². The van der Waals surface area contributed by atoms with Crippen LogP contribution < -0.4 is 5.32 Å². The zero-order valence-electron chi connectivity index (χ0n) is 11.0. The fourth-order valence-electron chi connectivity index (χ4n) is 1.69. The molecule has 0 heterocycles. The van der Waals surface area contributed by atoms with Gasteiger partial charge in [0.15, 0.2) is 0 Å². The summed E-state index contributed by atoms with van der Waals surface area (Å²) in [5, 5.41) is 10.9. The van der Waals surface area contributed by atoms with Gasteiger partial charge in [-0.15, -0.1) is 0 Å². The predicted molar refractivity (Wildman–Crippen MR) is 69.6 cm³/mol. The minimum atomic E-state index is -1.05. The van der Waals surface area contributed by atoms with Crippen LogP contribution in [0.25, 0.3) is 0 Å². The lowest BCUT2D eigenvalue weighted by Crippen LogP contribution is -2.29. The van der Waals surface area contributed by atoms with E-state index in [1.165, 1.54) is 0 Å². The van der Waals surface area contributed by atoms with E-state index in [1.807, 2.05) is 18.2 Å². The zero-order chi connectivity index (χ0) is 13.8. The maximum Gasteiger partial charge on any atom is 0.322 e. The summed E-state index contributed by atoms with van der Waals surface area (Å²) in [5.41, 5.74) is 1.72. The molecule has 1 aromatic carbocycles. The SMILES string of the molecule is CC(C)(C)Cc1cccc(C(=O)NCC(=O)O)c1. The summed E-state index contributed by atoms with van der Waals surface area (Å²) in [5.74, 6) is -1.40. The van der Waals surface area contributed by atoms with Crippen LogP contribution in [-0.4, -0.2) is 23.5 Å². The average molecular weight is 249 g/mol. The van der Waals surface area contributed by atoms with Gasteiger partial charge in [0.1, 0.15) is 6.54 Å². The van der Waals surface area contributed by atoms with Gasteiger partial charge < -0.3 is 10.4 Å². The highest BCUT2D eigenvalue weighted by Gasteiger charge is 2.13. The lowest BCUT2D eigenvalue weighted by Gasteiger charge is -2.18. The number of carbonyl (C=O) groups excluding carboxylic acids is 1. The van der Waals surface area contributed by atoms with Gasteiger partial charge in [-0.2, -0.15) is 0 Å². The molecule has 0 bridgehead atoms. The van der Waals surface area contributed by atoms with E-state index in [0.717, 1.165) is 12.0 Å². The van der Waals surface area contributed by atoms with Crippen molar-refractivity contribution >= 4 is 11.9 Å². The van der Waals surface area contributed by atoms with Gasteiger partial charge in [0.2, 0.25) is 0 Å². The molecule has 0 unspecified atom stereocenters. The van der Waals surface area contributed by atoms with Crippen LogP contribution in [0, 0.1) is 5.41 Å². The first-order valence-corrected chi connectivity index (χ1v) is 5.87. The molecule has 4 heteroatoms. The summed E-state index contributed by atoms with van der Waals surface area (Å²) >= 11 is 0. The maximum atomic E-state index is 11.7. The number of carboxylic acids is 1. The second-order valence-corrected chi connectivity index (χ2v) is 5.51. The molecule has 0 saturated heterocycles. The molecule has 98 valence electrons. The number of amides is 1. The third kappa shape index (κ3) is 4.99. The molecule has 0 aliphatic rings. The monoisotopic (exact) mass is 249 g/mol. The van der Waals surface area contributed by atoms with Crippen molar-refractivity contribution in [3.8, 4) is 0 Å². The van der Waals surface area contributed by atoms with Crippen LogP contribution in [0.15, 0.2) is 24.3 Å². The standard InChI is InChI=1S/C14H19NO3/c1-14(2,3)8-10-5-4-6-11(7-10)13(18)15-9-12(16)17/h4-7H,8-9H2,1-3H3,(H,15,18)(H,16,17). The Balaban J connectivity index is 2.75. The van der Waals surface area contributed by atoms with Crippen LogP contribution in [0.5, 0.6) is 0 Å². The van der Waals surface area contributed by atoms with Crippen LogP contribution >= 0.6 is 0 Å². The molecule has 0 spiro atoms. The van der Waals surface area contributed by atoms with Gasteiger partial charge in [-0.3, -0.25) is 9.59 Å². The lowest BCUT2D eigenvalue weighted by atomic mass is 9.87. The Hall–Kier alpha value is -1.84. The molecule has 4 nitrogen and oxygen atoms in total. The molecule has 18 heavy (non-hydrogen) atoms. The van der Waals surface area contributed by atoms with Gasteiger partial charge in [0.05, 0.1) is 0 Å². The molecule has 0 aromatic heterocycles. The Morgan fingerprint density at radius 1 is 1.28 bits per heavy atom. The first kappa shape index (κ1) is 14.2. The van der Waals surface area contributed by atoms with Crippen molar-refractivity contribution in [3.05, 3.63) is 35.4 Å². The van der Waals surface area contributed by atoms with E-state index >= 15 is 0 Å². The minimum Gasteiger partial charge on any atom is -0.480 e. The molecule has 0 saturated carbocycles. The third-order valence-corrected chi connectivity index (χ3v) is 2.32. The van der Waals surface area contributed by atoms with Gasteiger partial charge in [-0.05, 0) is 29.5 Å².